The van der Waals surface area contributed by atoms with Crippen LogP contribution >= 0.6 is 11.6 Å². The minimum atomic E-state index is -4.69. The van der Waals surface area contributed by atoms with Crippen LogP contribution in [0.3, 0.4) is 0 Å². The molecule has 2 rings (SSSR count). The molecule has 0 aliphatic carbocycles. The molecular weight excluding hydrogens is 455 g/mol. The average Bonchev–Trinajstić information content (AvgIpc) is 2.71. The van der Waals surface area contributed by atoms with Crippen LogP contribution in [0.5, 0.6) is 11.5 Å². The van der Waals surface area contributed by atoms with Gasteiger partial charge in [0.05, 0.1) is 29.8 Å². The fourth-order valence-electron chi connectivity index (χ4n) is 2.53. The highest BCUT2D eigenvalue weighted by Gasteiger charge is 2.33. The third-order valence-electron chi connectivity index (χ3n) is 4.17. The van der Waals surface area contributed by atoms with Gasteiger partial charge in [0.1, 0.15) is 11.5 Å². The Labute approximate surface area is 186 Å². The molecule has 2 aromatic carbocycles. The van der Waals surface area contributed by atoms with Crippen molar-refractivity contribution in [2.75, 3.05) is 32.6 Å². The van der Waals surface area contributed by atoms with E-state index in [4.69, 9.17) is 26.8 Å². The van der Waals surface area contributed by atoms with Crippen molar-refractivity contribution in [3.8, 4) is 11.5 Å². The lowest BCUT2D eigenvalue weighted by atomic mass is 10.2. The molecule has 2 aromatic rings. The van der Waals surface area contributed by atoms with Gasteiger partial charge in [-0.1, -0.05) is 11.6 Å². The van der Waals surface area contributed by atoms with E-state index in [1.165, 1.54) is 38.4 Å². The first kappa shape index (κ1) is 24.8. The number of likely N-dealkylation sites (N-methyl/N-ethyl adjacent to an activating group) is 1. The zero-order chi connectivity index (χ0) is 24.1. The van der Waals surface area contributed by atoms with Crippen molar-refractivity contribution in [3.05, 3.63) is 52.5 Å². The molecule has 0 bridgehead atoms. The van der Waals surface area contributed by atoms with E-state index in [9.17, 15) is 27.6 Å². The minimum Gasteiger partial charge on any atom is -0.497 e. The Bertz CT molecular complexity index is 1030. The van der Waals surface area contributed by atoms with Gasteiger partial charge in [0.25, 0.3) is 11.8 Å². The summed E-state index contributed by atoms with van der Waals surface area (Å²) in [5.74, 6) is -1.76. The molecular formula is C20H19ClF3N3O5. The predicted octanol–water partition coefficient (Wildman–Crippen LogP) is 2.94. The topological polar surface area (TPSA) is 111 Å². The molecule has 0 unspecified atom stereocenters. The maximum Gasteiger partial charge on any atom is 0.417 e. The van der Waals surface area contributed by atoms with Gasteiger partial charge in [-0.25, -0.2) is 0 Å². The Morgan fingerprint density at radius 1 is 1.16 bits per heavy atom. The van der Waals surface area contributed by atoms with Gasteiger partial charge in [-0.05, 0) is 30.3 Å². The van der Waals surface area contributed by atoms with Crippen molar-refractivity contribution in [2.45, 2.75) is 6.18 Å². The predicted molar refractivity (Wildman–Crippen MR) is 110 cm³/mol. The summed E-state index contributed by atoms with van der Waals surface area (Å²) in [6, 6.07) is 7.14. The van der Waals surface area contributed by atoms with E-state index in [1.807, 2.05) is 0 Å². The summed E-state index contributed by atoms with van der Waals surface area (Å²) in [5.41, 5.74) is 4.07. The summed E-state index contributed by atoms with van der Waals surface area (Å²) in [6.07, 6.45) is -4.69. The number of benzene rings is 2. The molecule has 0 saturated carbocycles. The Hall–Kier alpha value is -3.47. The quantitative estimate of drug-likeness (QED) is 0.612. The molecule has 0 radical (unpaired) electrons. The molecule has 8 nitrogen and oxygen atoms in total. The lowest BCUT2D eigenvalue weighted by Gasteiger charge is -2.18. The van der Waals surface area contributed by atoms with Crippen LogP contribution in [0.1, 0.15) is 15.9 Å². The molecule has 0 atom stereocenters. The molecule has 0 spiro atoms. The molecule has 3 amide bonds. The zero-order valence-corrected chi connectivity index (χ0v) is 17.7. The van der Waals surface area contributed by atoms with Crippen LogP contribution in [0.4, 0.5) is 18.9 Å². The summed E-state index contributed by atoms with van der Waals surface area (Å²) >= 11 is 5.54. The third-order valence-corrected chi connectivity index (χ3v) is 4.50. The van der Waals surface area contributed by atoms with Crippen LogP contribution in [0.15, 0.2) is 36.4 Å². The van der Waals surface area contributed by atoms with E-state index in [1.54, 1.807) is 0 Å². The number of hydrogen-bond donors (Lipinski definition) is 2. The van der Waals surface area contributed by atoms with Crippen molar-refractivity contribution >= 4 is 35.0 Å². The Morgan fingerprint density at radius 3 is 2.44 bits per heavy atom. The Kier molecular flexibility index (Phi) is 7.92. The SMILES string of the molecule is COc1ccc(C(N)=O)c(OCC(=O)N(C)CC(=O)Nc2ccc(Cl)c(C(F)(F)F)c2)c1. The number of methoxy groups -OCH3 is 1. The van der Waals surface area contributed by atoms with Gasteiger partial charge in [-0.2, -0.15) is 13.2 Å². The number of primary amides is 1. The van der Waals surface area contributed by atoms with Gasteiger partial charge in [0.15, 0.2) is 6.61 Å². The van der Waals surface area contributed by atoms with Crippen molar-refractivity contribution in [1.29, 1.82) is 0 Å². The van der Waals surface area contributed by atoms with Crippen LogP contribution in [-0.2, 0) is 15.8 Å². The largest absolute Gasteiger partial charge is 0.497 e. The van der Waals surface area contributed by atoms with Gasteiger partial charge in [0, 0.05) is 18.8 Å². The molecule has 32 heavy (non-hydrogen) atoms. The second kappa shape index (κ2) is 10.2. The van der Waals surface area contributed by atoms with Crippen LogP contribution in [0, 0.1) is 0 Å². The Balaban J connectivity index is 1.99. The summed E-state index contributed by atoms with van der Waals surface area (Å²) in [5, 5.41) is 1.76. The van der Waals surface area contributed by atoms with E-state index >= 15 is 0 Å². The number of hydrogen-bond acceptors (Lipinski definition) is 5. The van der Waals surface area contributed by atoms with Crippen molar-refractivity contribution in [2.24, 2.45) is 5.73 Å². The number of carbonyl (C=O) groups is 3. The van der Waals surface area contributed by atoms with E-state index in [0.717, 1.165) is 11.0 Å². The highest BCUT2D eigenvalue weighted by atomic mass is 35.5. The first-order valence-electron chi connectivity index (χ1n) is 8.93. The molecule has 0 fully saturated rings. The van der Waals surface area contributed by atoms with Crippen LogP contribution < -0.4 is 20.5 Å². The molecule has 0 aromatic heterocycles. The van der Waals surface area contributed by atoms with E-state index in [0.29, 0.717) is 11.8 Å². The van der Waals surface area contributed by atoms with Gasteiger partial charge in [-0.3, -0.25) is 14.4 Å². The van der Waals surface area contributed by atoms with E-state index in [2.05, 4.69) is 5.32 Å². The Morgan fingerprint density at radius 2 is 1.84 bits per heavy atom. The van der Waals surface area contributed by atoms with Crippen LogP contribution in [0.2, 0.25) is 5.02 Å². The van der Waals surface area contributed by atoms with Crippen LogP contribution in [0.25, 0.3) is 0 Å². The number of anilines is 1. The first-order valence-corrected chi connectivity index (χ1v) is 9.31. The van der Waals surface area contributed by atoms with Crippen LogP contribution in [-0.4, -0.2) is 49.9 Å². The number of rotatable bonds is 8. The van der Waals surface area contributed by atoms with Crippen molar-refractivity contribution in [3.63, 3.8) is 0 Å². The van der Waals surface area contributed by atoms with Gasteiger partial charge >= 0.3 is 6.18 Å². The number of amides is 3. The maximum atomic E-state index is 12.9. The monoisotopic (exact) mass is 473 g/mol. The van der Waals surface area contributed by atoms with Crippen molar-refractivity contribution < 1.29 is 37.0 Å². The molecule has 0 aliphatic rings. The number of halogens is 4. The molecule has 0 heterocycles. The van der Waals surface area contributed by atoms with Gasteiger partial charge in [-0.15, -0.1) is 0 Å². The smallest absolute Gasteiger partial charge is 0.417 e. The fourth-order valence-corrected chi connectivity index (χ4v) is 2.75. The first-order chi connectivity index (χ1) is 14.9. The molecule has 0 aliphatic heterocycles. The fraction of sp³-hybridized carbons (Fsp3) is 0.250. The second-order valence-electron chi connectivity index (χ2n) is 6.51. The average molecular weight is 474 g/mol. The number of ether oxygens (including phenoxy) is 2. The third kappa shape index (κ3) is 6.51. The molecule has 172 valence electrons. The molecule has 12 heteroatoms. The lowest BCUT2D eigenvalue weighted by molar-refractivity contribution is -0.137. The highest BCUT2D eigenvalue weighted by Crippen LogP contribution is 2.36. The highest BCUT2D eigenvalue weighted by molar-refractivity contribution is 6.31. The number of nitrogens with one attached hydrogen (secondary N) is 1. The normalized spacial score (nSPS) is 10.9. The summed E-state index contributed by atoms with van der Waals surface area (Å²) in [6.45, 7) is -0.997. The molecule has 0 saturated heterocycles. The number of alkyl halides is 3. The molecule has 3 N–H and O–H groups in total. The van der Waals surface area contributed by atoms with Gasteiger partial charge in [0.2, 0.25) is 5.91 Å². The van der Waals surface area contributed by atoms with Gasteiger partial charge < -0.3 is 25.4 Å². The number of carbonyl (C=O) groups excluding carboxylic acids is 3. The minimum absolute atomic E-state index is 0.0175. The number of nitrogens with zero attached hydrogens (tertiary/aromatic N) is 1. The zero-order valence-electron chi connectivity index (χ0n) is 17.0. The number of nitrogens with two attached hydrogens (primary N) is 1. The maximum absolute atomic E-state index is 12.9. The summed E-state index contributed by atoms with van der Waals surface area (Å²) in [7, 11) is 2.70. The van der Waals surface area contributed by atoms with E-state index in [-0.39, 0.29) is 17.0 Å². The summed E-state index contributed by atoms with van der Waals surface area (Å²) < 4.78 is 49.2. The second-order valence-corrected chi connectivity index (χ2v) is 6.91. The van der Waals surface area contributed by atoms with E-state index < -0.39 is 47.6 Å². The lowest BCUT2D eigenvalue weighted by Crippen LogP contribution is -2.37. The summed E-state index contributed by atoms with van der Waals surface area (Å²) in [4.78, 5) is 36.9. The standard InChI is InChI=1S/C20H19ClF3N3O5/c1-27(9-17(28)26-11-3-6-15(21)14(7-11)20(22,23)24)18(29)10-32-16-8-12(31-2)4-5-13(16)19(25)30/h3-8H,9-10H2,1-2H3,(H2,25,30)(H,26,28). The van der Waals surface area contributed by atoms with Crippen molar-refractivity contribution in [1.82, 2.24) is 4.90 Å².